The quantitative estimate of drug-likeness (QED) is 0.371. The van der Waals surface area contributed by atoms with Crippen molar-refractivity contribution >= 4 is 28.4 Å². The lowest BCUT2D eigenvalue weighted by molar-refractivity contribution is -0.140. The van der Waals surface area contributed by atoms with E-state index in [4.69, 9.17) is 14.3 Å². The number of ether oxygens (including phenoxy) is 1. The van der Waals surface area contributed by atoms with Crippen LogP contribution in [0, 0.1) is 12.7 Å². The molecule has 0 spiro atoms. The van der Waals surface area contributed by atoms with Gasteiger partial charge in [-0.3, -0.25) is 4.79 Å². The van der Waals surface area contributed by atoms with E-state index >= 15 is 0 Å². The Kier molecular flexibility index (Phi) is 5.59. The molecule has 0 fully saturated rings. The fourth-order valence-corrected chi connectivity index (χ4v) is 3.93. The van der Waals surface area contributed by atoms with Gasteiger partial charge in [-0.05, 0) is 31.2 Å². The van der Waals surface area contributed by atoms with Gasteiger partial charge in [0.25, 0.3) is 0 Å². The van der Waals surface area contributed by atoms with Crippen LogP contribution in [-0.2, 0) is 24.0 Å². The second-order valence-corrected chi connectivity index (χ2v) is 7.90. The first-order valence-electron chi connectivity index (χ1n) is 9.17. The van der Waals surface area contributed by atoms with Crippen molar-refractivity contribution in [2.75, 3.05) is 0 Å². The van der Waals surface area contributed by atoms with Gasteiger partial charge in [-0.2, -0.15) is 13.2 Å². The van der Waals surface area contributed by atoms with E-state index in [1.165, 1.54) is 17.4 Å². The summed E-state index contributed by atoms with van der Waals surface area (Å²) in [6.07, 6.45) is -5.10. The summed E-state index contributed by atoms with van der Waals surface area (Å²) in [5.41, 5.74) is 0.393. The van der Waals surface area contributed by atoms with Gasteiger partial charge in [0.05, 0.1) is 16.1 Å². The first-order chi connectivity index (χ1) is 15.1. The van der Waals surface area contributed by atoms with Crippen molar-refractivity contribution in [3.05, 3.63) is 64.2 Å². The van der Waals surface area contributed by atoms with E-state index in [0.29, 0.717) is 38.5 Å². The van der Waals surface area contributed by atoms with Crippen LogP contribution >= 0.6 is 11.3 Å². The number of nitrogens with zero attached hydrogens (tertiary/aromatic N) is 2. The Bertz CT molecular complexity index is 1310. The minimum Gasteiger partial charge on any atom is -0.488 e. The van der Waals surface area contributed by atoms with Crippen LogP contribution < -0.4 is 4.74 Å². The number of aromatic nitrogens is 2. The predicted octanol–water partition coefficient (Wildman–Crippen LogP) is 5.62. The number of thiazole rings is 1. The number of halogens is 4. The average Bonchev–Trinajstić information content (AvgIpc) is 3.26. The first-order valence-corrected chi connectivity index (χ1v) is 9.99. The molecular formula is C21H14F4N2O4S. The fraction of sp³-hybridized carbons (Fsp3) is 0.190. The molecule has 0 bridgehead atoms. The summed E-state index contributed by atoms with van der Waals surface area (Å²) in [4.78, 5) is 19.9. The number of fused-ring (bicyclic) bond motifs is 1. The molecule has 4 rings (SSSR count). The SMILES string of the molecule is Cc1nc(-c2ccc(C(F)(F)F)c(F)c2)sc1COc1ccc2oc(CC(=O)O)nc2c1. The summed E-state index contributed by atoms with van der Waals surface area (Å²) in [5.74, 6) is -1.87. The number of oxazole rings is 1. The summed E-state index contributed by atoms with van der Waals surface area (Å²) < 4.78 is 63.3. The Morgan fingerprint density at radius 2 is 1.97 bits per heavy atom. The lowest BCUT2D eigenvalue weighted by Gasteiger charge is -2.08. The molecule has 11 heteroatoms. The molecule has 6 nitrogen and oxygen atoms in total. The predicted molar refractivity (Wildman–Crippen MR) is 107 cm³/mol. The normalized spacial score (nSPS) is 11.8. The third-order valence-electron chi connectivity index (χ3n) is 4.49. The van der Waals surface area contributed by atoms with E-state index in [2.05, 4.69) is 9.97 Å². The molecule has 0 aliphatic carbocycles. The maximum Gasteiger partial charge on any atom is 0.419 e. The number of hydrogen-bond acceptors (Lipinski definition) is 6. The van der Waals surface area contributed by atoms with Gasteiger partial charge in [-0.15, -0.1) is 11.3 Å². The fourth-order valence-electron chi connectivity index (χ4n) is 2.96. The van der Waals surface area contributed by atoms with Crippen molar-refractivity contribution in [3.8, 4) is 16.3 Å². The van der Waals surface area contributed by atoms with E-state index in [1.54, 1.807) is 25.1 Å². The van der Waals surface area contributed by atoms with Gasteiger partial charge in [-0.25, -0.2) is 14.4 Å². The largest absolute Gasteiger partial charge is 0.488 e. The molecule has 0 saturated carbocycles. The van der Waals surface area contributed by atoms with Crippen LogP contribution in [0.3, 0.4) is 0 Å². The second-order valence-electron chi connectivity index (χ2n) is 6.82. The Hall–Kier alpha value is -3.47. The summed E-state index contributed by atoms with van der Waals surface area (Å²) in [5, 5.41) is 9.21. The molecule has 2 aromatic carbocycles. The number of aryl methyl sites for hydroxylation is 1. The third kappa shape index (κ3) is 4.57. The molecule has 2 heterocycles. The summed E-state index contributed by atoms with van der Waals surface area (Å²) in [6.45, 7) is 1.84. The van der Waals surface area contributed by atoms with E-state index in [9.17, 15) is 22.4 Å². The number of carboxylic acids is 1. The lowest BCUT2D eigenvalue weighted by Crippen LogP contribution is -2.07. The van der Waals surface area contributed by atoms with Crippen molar-refractivity contribution in [1.82, 2.24) is 9.97 Å². The van der Waals surface area contributed by atoms with Crippen molar-refractivity contribution in [3.63, 3.8) is 0 Å². The Balaban J connectivity index is 1.50. The zero-order valence-electron chi connectivity index (χ0n) is 16.4. The minimum absolute atomic E-state index is 0.0800. The zero-order valence-corrected chi connectivity index (χ0v) is 17.2. The molecule has 2 aromatic heterocycles. The van der Waals surface area contributed by atoms with Gasteiger partial charge in [0.2, 0.25) is 5.89 Å². The summed E-state index contributed by atoms with van der Waals surface area (Å²) in [7, 11) is 0. The van der Waals surface area contributed by atoms with Crippen molar-refractivity contribution < 1.29 is 36.6 Å². The molecule has 0 aliphatic rings. The standard InChI is InChI=1S/C21H14F4N2O4S/c1-10-17(32-20(26-10)11-2-4-13(14(22)6-11)21(23,24)25)9-30-12-3-5-16-15(7-12)27-18(31-16)8-19(28)29/h2-7H,8-9H2,1H3,(H,28,29). The van der Waals surface area contributed by atoms with E-state index in [1.807, 2.05) is 0 Å². The smallest absolute Gasteiger partial charge is 0.419 e. The highest BCUT2D eigenvalue weighted by molar-refractivity contribution is 7.15. The highest BCUT2D eigenvalue weighted by Gasteiger charge is 2.34. The average molecular weight is 466 g/mol. The van der Waals surface area contributed by atoms with Gasteiger partial charge in [0.15, 0.2) is 5.58 Å². The van der Waals surface area contributed by atoms with E-state index in [-0.39, 0.29) is 24.5 Å². The molecule has 0 aliphatic heterocycles. The van der Waals surface area contributed by atoms with Gasteiger partial charge >= 0.3 is 12.1 Å². The van der Waals surface area contributed by atoms with Gasteiger partial charge in [0.1, 0.15) is 35.1 Å². The third-order valence-corrected chi connectivity index (χ3v) is 5.67. The number of benzene rings is 2. The van der Waals surface area contributed by atoms with Crippen LogP contribution in [0.15, 0.2) is 40.8 Å². The summed E-state index contributed by atoms with van der Waals surface area (Å²) >= 11 is 1.19. The monoisotopic (exact) mass is 466 g/mol. The Labute approximate surface area is 182 Å². The van der Waals surface area contributed by atoms with Crippen LogP contribution in [-0.4, -0.2) is 21.0 Å². The van der Waals surface area contributed by atoms with Crippen LogP contribution in [0.2, 0.25) is 0 Å². The molecule has 1 N–H and O–H groups in total. The highest BCUT2D eigenvalue weighted by atomic mass is 32.1. The van der Waals surface area contributed by atoms with E-state index < -0.39 is 23.5 Å². The van der Waals surface area contributed by atoms with Crippen LogP contribution in [0.25, 0.3) is 21.7 Å². The number of alkyl halides is 3. The molecule has 166 valence electrons. The molecule has 4 aromatic rings. The molecule has 0 radical (unpaired) electrons. The second kappa shape index (κ2) is 8.23. The molecule has 0 atom stereocenters. The van der Waals surface area contributed by atoms with E-state index in [0.717, 1.165) is 6.07 Å². The maximum absolute atomic E-state index is 13.9. The Morgan fingerprint density at radius 3 is 2.66 bits per heavy atom. The molecule has 0 saturated heterocycles. The lowest BCUT2D eigenvalue weighted by atomic mass is 10.1. The minimum atomic E-state index is -4.76. The van der Waals surface area contributed by atoms with Gasteiger partial charge in [-0.1, -0.05) is 6.07 Å². The van der Waals surface area contributed by atoms with Crippen LogP contribution in [0.4, 0.5) is 17.6 Å². The highest BCUT2D eigenvalue weighted by Crippen LogP contribution is 2.35. The number of hydrogen-bond donors (Lipinski definition) is 1. The number of rotatable bonds is 6. The number of carbonyl (C=O) groups is 1. The number of carboxylic acid groups (broad SMARTS) is 1. The summed E-state index contributed by atoms with van der Waals surface area (Å²) in [6, 6.07) is 7.55. The van der Waals surface area contributed by atoms with Gasteiger partial charge < -0.3 is 14.3 Å². The van der Waals surface area contributed by atoms with Crippen molar-refractivity contribution in [2.45, 2.75) is 26.1 Å². The first kappa shape index (κ1) is 21.8. The molecule has 32 heavy (non-hydrogen) atoms. The number of aliphatic carboxylic acids is 1. The van der Waals surface area contributed by atoms with Gasteiger partial charge in [0, 0.05) is 11.6 Å². The maximum atomic E-state index is 13.9. The molecular weight excluding hydrogens is 452 g/mol. The molecule has 0 unspecified atom stereocenters. The van der Waals surface area contributed by atoms with Crippen molar-refractivity contribution in [1.29, 1.82) is 0 Å². The Morgan fingerprint density at radius 1 is 1.19 bits per heavy atom. The topological polar surface area (TPSA) is 85.5 Å². The molecule has 0 amide bonds. The van der Waals surface area contributed by atoms with Crippen LogP contribution in [0.5, 0.6) is 5.75 Å². The zero-order chi connectivity index (χ0) is 23.0. The van der Waals surface area contributed by atoms with Crippen LogP contribution in [0.1, 0.15) is 22.0 Å². The van der Waals surface area contributed by atoms with Crippen molar-refractivity contribution in [2.24, 2.45) is 0 Å².